The van der Waals surface area contributed by atoms with Crippen molar-refractivity contribution < 1.29 is 14.3 Å². The molecule has 0 radical (unpaired) electrons. The summed E-state index contributed by atoms with van der Waals surface area (Å²) in [4.78, 5) is 11.8. The maximum absolute atomic E-state index is 11.8. The predicted molar refractivity (Wildman–Crippen MR) is 69.6 cm³/mol. The van der Waals surface area contributed by atoms with Crippen LogP contribution in [0.3, 0.4) is 0 Å². The molecule has 0 N–H and O–H groups in total. The lowest BCUT2D eigenvalue weighted by Crippen LogP contribution is -2.12. The second-order valence-corrected chi connectivity index (χ2v) is 4.46. The zero-order chi connectivity index (χ0) is 12.8. The minimum Gasteiger partial charge on any atom is -0.501 e. The molecule has 1 aromatic carbocycles. The Hall–Kier alpha value is -1.77. The minimum absolute atomic E-state index is 0.127. The van der Waals surface area contributed by atoms with Gasteiger partial charge in [0.1, 0.15) is 5.75 Å². The highest BCUT2D eigenvalue weighted by Crippen LogP contribution is 2.16. The van der Waals surface area contributed by atoms with E-state index in [1.165, 1.54) is 0 Å². The van der Waals surface area contributed by atoms with Crippen LogP contribution in [0.15, 0.2) is 36.1 Å². The molecule has 1 heterocycles. The maximum atomic E-state index is 11.8. The summed E-state index contributed by atoms with van der Waals surface area (Å²) >= 11 is 0. The smallest absolute Gasteiger partial charge is 0.165 e. The van der Waals surface area contributed by atoms with Gasteiger partial charge in [-0.3, -0.25) is 4.79 Å². The normalized spacial score (nSPS) is 14.6. The molecule has 1 aliphatic heterocycles. The van der Waals surface area contributed by atoms with Gasteiger partial charge in [0.05, 0.1) is 19.5 Å². The number of rotatable bonds is 5. The third-order valence-corrected chi connectivity index (χ3v) is 2.88. The monoisotopic (exact) mass is 246 g/mol. The molecule has 18 heavy (non-hydrogen) atoms. The summed E-state index contributed by atoms with van der Waals surface area (Å²) in [5.74, 6) is 0.944. The van der Waals surface area contributed by atoms with Crippen LogP contribution in [0.1, 0.15) is 24.8 Å². The summed E-state index contributed by atoms with van der Waals surface area (Å²) in [7, 11) is 0. The highest BCUT2D eigenvalue weighted by Gasteiger charge is 2.13. The molecule has 0 amide bonds. The topological polar surface area (TPSA) is 35.5 Å². The van der Waals surface area contributed by atoms with E-state index >= 15 is 0 Å². The molecular formula is C15H18O3. The summed E-state index contributed by atoms with van der Waals surface area (Å²) in [5, 5.41) is 0. The SMILES string of the molecule is Cc1cccc(OCCC(=O)C2=COCCC2)c1. The van der Waals surface area contributed by atoms with E-state index in [1.807, 2.05) is 31.2 Å². The van der Waals surface area contributed by atoms with Crippen molar-refractivity contribution in [3.05, 3.63) is 41.7 Å². The van der Waals surface area contributed by atoms with Gasteiger partial charge in [0.25, 0.3) is 0 Å². The number of benzene rings is 1. The number of ketones is 1. The second kappa shape index (κ2) is 6.24. The Labute approximate surface area is 107 Å². The van der Waals surface area contributed by atoms with Crippen molar-refractivity contribution in [1.29, 1.82) is 0 Å². The third-order valence-electron chi connectivity index (χ3n) is 2.88. The summed E-state index contributed by atoms with van der Waals surface area (Å²) in [6.45, 7) is 3.15. The third kappa shape index (κ3) is 3.62. The lowest BCUT2D eigenvalue weighted by molar-refractivity contribution is -0.116. The number of hydrogen-bond acceptors (Lipinski definition) is 3. The van der Waals surface area contributed by atoms with Gasteiger partial charge in [-0.05, 0) is 37.5 Å². The lowest BCUT2D eigenvalue weighted by atomic mass is 10.0. The van der Waals surface area contributed by atoms with Crippen LogP contribution in [0.25, 0.3) is 0 Å². The fraction of sp³-hybridized carbons (Fsp3) is 0.400. The van der Waals surface area contributed by atoms with Gasteiger partial charge >= 0.3 is 0 Å². The molecule has 1 aliphatic rings. The Morgan fingerprint density at radius 3 is 3.06 bits per heavy atom. The van der Waals surface area contributed by atoms with E-state index in [1.54, 1.807) is 6.26 Å². The lowest BCUT2D eigenvalue weighted by Gasteiger charge is -2.12. The van der Waals surface area contributed by atoms with E-state index in [2.05, 4.69) is 0 Å². The first kappa shape index (κ1) is 12.7. The predicted octanol–water partition coefficient (Wildman–Crippen LogP) is 3.03. The highest BCUT2D eigenvalue weighted by molar-refractivity contribution is 5.95. The molecule has 0 spiro atoms. The van der Waals surface area contributed by atoms with E-state index in [9.17, 15) is 4.79 Å². The molecule has 0 atom stereocenters. The van der Waals surface area contributed by atoms with Crippen molar-refractivity contribution in [3.63, 3.8) is 0 Å². The van der Waals surface area contributed by atoms with Crippen LogP contribution >= 0.6 is 0 Å². The van der Waals surface area contributed by atoms with Gasteiger partial charge in [0.15, 0.2) is 5.78 Å². The Balaban J connectivity index is 1.78. The van der Waals surface area contributed by atoms with Crippen molar-refractivity contribution >= 4 is 5.78 Å². The number of aryl methyl sites for hydroxylation is 1. The minimum atomic E-state index is 0.127. The van der Waals surface area contributed by atoms with Gasteiger partial charge in [-0.1, -0.05) is 12.1 Å². The average Bonchev–Trinajstić information content (AvgIpc) is 2.40. The van der Waals surface area contributed by atoms with Gasteiger partial charge in [-0.15, -0.1) is 0 Å². The molecule has 0 saturated carbocycles. The molecule has 0 saturated heterocycles. The molecular weight excluding hydrogens is 228 g/mol. The van der Waals surface area contributed by atoms with Crippen LogP contribution in [-0.4, -0.2) is 19.0 Å². The highest BCUT2D eigenvalue weighted by atomic mass is 16.5. The van der Waals surface area contributed by atoms with E-state index < -0.39 is 0 Å². The van der Waals surface area contributed by atoms with E-state index in [0.717, 1.165) is 36.3 Å². The number of carbonyl (C=O) groups is 1. The van der Waals surface area contributed by atoms with Gasteiger partial charge in [-0.25, -0.2) is 0 Å². The van der Waals surface area contributed by atoms with Crippen LogP contribution in [0.5, 0.6) is 5.75 Å². The molecule has 2 rings (SSSR count). The van der Waals surface area contributed by atoms with E-state index in [4.69, 9.17) is 9.47 Å². The van der Waals surface area contributed by atoms with Crippen molar-refractivity contribution in [2.24, 2.45) is 0 Å². The Morgan fingerprint density at radius 2 is 2.33 bits per heavy atom. The van der Waals surface area contributed by atoms with Gasteiger partial charge in [-0.2, -0.15) is 0 Å². The zero-order valence-electron chi connectivity index (χ0n) is 10.6. The van der Waals surface area contributed by atoms with Crippen molar-refractivity contribution in [2.45, 2.75) is 26.2 Å². The largest absolute Gasteiger partial charge is 0.501 e. The number of hydrogen-bond donors (Lipinski definition) is 0. The number of ether oxygens (including phenoxy) is 2. The molecule has 3 nitrogen and oxygen atoms in total. The molecule has 0 bridgehead atoms. The zero-order valence-corrected chi connectivity index (χ0v) is 10.6. The van der Waals surface area contributed by atoms with Gasteiger partial charge < -0.3 is 9.47 Å². The standard InChI is InChI=1S/C15H18O3/c1-12-4-2-6-14(10-12)18-9-7-15(16)13-5-3-8-17-11-13/h2,4,6,10-11H,3,5,7-9H2,1H3. The molecule has 0 fully saturated rings. The van der Waals surface area contributed by atoms with Crippen molar-refractivity contribution in [2.75, 3.05) is 13.2 Å². The quantitative estimate of drug-likeness (QED) is 0.801. The van der Waals surface area contributed by atoms with Crippen molar-refractivity contribution in [1.82, 2.24) is 0 Å². The fourth-order valence-corrected chi connectivity index (χ4v) is 1.90. The van der Waals surface area contributed by atoms with E-state index in [-0.39, 0.29) is 5.78 Å². The summed E-state index contributed by atoms with van der Waals surface area (Å²) < 4.78 is 10.7. The molecule has 0 aliphatic carbocycles. The molecule has 3 heteroatoms. The Morgan fingerprint density at radius 1 is 1.44 bits per heavy atom. The molecule has 0 unspecified atom stereocenters. The maximum Gasteiger partial charge on any atom is 0.165 e. The molecule has 0 aromatic heterocycles. The average molecular weight is 246 g/mol. The van der Waals surface area contributed by atoms with Crippen LogP contribution < -0.4 is 4.74 Å². The summed E-state index contributed by atoms with van der Waals surface area (Å²) in [6, 6.07) is 7.83. The van der Waals surface area contributed by atoms with Crippen LogP contribution in [0, 0.1) is 6.92 Å². The summed E-state index contributed by atoms with van der Waals surface area (Å²) in [6.07, 6.45) is 3.75. The Bertz CT molecular complexity index is 449. The van der Waals surface area contributed by atoms with Crippen LogP contribution in [0.2, 0.25) is 0 Å². The molecule has 1 aromatic rings. The Kier molecular flexibility index (Phi) is 4.40. The number of allylic oxidation sites excluding steroid dienone is 1. The number of carbonyl (C=O) groups excluding carboxylic acids is 1. The second-order valence-electron chi connectivity index (χ2n) is 4.46. The van der Waals surface area contributed by atoms with E-state index in [0.29, 0.717) is 13.0 Å². The first-order chi connectivity index (χ1) is 8.75. The van der Waals surface area contributed by atoms with Crippen LogP contribution in [0.4, 0.5) is 0 Å². The van der Waals surface area contributed by atoms with Crippen LogP contribution in [-0.2, 0) is 9.53 Å². The van der Waals surface area contributed by atoms with Gasteiger partial charge in [0, 0.05) is 12.0 Å². The number of Topliss-reactive ketones (excluding diaryl/α,β-unsaturated/α-hetero) is 1. The first-order valence-corrected chi connectivity index (χ1v) is 6.29. The first-order valence-electron chi connectivity index (χ1n) is 6.29. The molecule has 96 valence electrons. The summed E-state index contributed by atoms with van der Waals surface area (Å²) in [5.41, 5.74) is 1.94. The fourth-order valence-electron chi connectivity index (χ4n) is 1.90. The van der Waals surface area contributed by atoms with Crippen molar-refractivity contribution in [3.8, 4) is 5.75 Å². The van der Waals surface area contributed by atoms with Gasteiger partial charge in [0.2, 0.25) is 0 Å².